The van der Waals surface area contributed by atoms with Gasteiger partial charge in [-0.25, -0.2) is 0 Å². The number of ketones is 1. The van der Waals surface area contributed by atoms with Gasteiger partial charge in [0.05, 0.1) is 12.2 Å². The minimum atomic E-state index is -4.52. The van der Waals surface area contributed by atoms with E-state index in [0.717, 1.165) is 12.1 Å². The first kappa shape index (κ1) is 15.2. The van der Waals surface area contributed by atoms with Crippen LogP contribution in [-0.2, 0) is 15.7 Å². The average Bonchev–Trinajstić information content (AvgIpc) is 2.27. The van der Waals surface area contributed by atoms with E-state index >= 15 is 0 Å². The SMILES string of the molecule is CCOC(=O)CC(=O)c1cc(C(F)(F)F)ccc1C. The first-order chi connectivity index (χ1) is 8.75. The monoisotopic (exact) mass is 274 g/mol. The first-order valence-corrected chi connectivity index (χ1v) is 5.62. The number of esters is 1. The van der Waals surface area contributed by atoms with Crippen LogP contribution in [0.4, 0.5) is 13.2 Å². The molecule has 0 saturated carbocycles. The van der Waals surface area contributed by atoms with Crippen LogP contribution < -0.4 is 0 Å². The number of aryl methyl sites for hydroxylation is 1. The second-order valence-corrected chi connectivity index (χ2v) is 3.93. The van der Waals surface area contributed by atoms with Crippen molar-refractivity contribution in [3.8, 4) is 0 Å². The maximum atomic E-state index is 12.5. The predicted molar refractivity (Wildman–Crippen MR) is 61.8 cm³/mol. The lowest BCUT2D eigenvalue weighted by molar-refractivity contribution is -0.142. The smallest absolute Gasteiger partial charge is 0.416 e. The molecular weight excluding hydrogens is 261 g/mol. The van der Waals surface area contributed by atoms with Gasteiger partial charge in [-0.05, 0) is 31.5 Å². The molecule has 1 aromatic carbocycles. The third-order valence-corrected chi connectivity index (χ3v) is 2.48. The number of hydrogen-bond donors (Lipinski definition) is 0. The summed E-state index contributed by atoms with van der Waals surface area (Å²) < 4.78 is 42.2. The van der Waals surface area contributed by atoms with Crippen molar-refractivity contribution in [1.82, 2.24) is 0 Å². The zero-order valence-electron chi connectivity index (χ0n) is 10.5. The molecule has 104 valence electrons. The molecule has 0 radical (unpaired) electrons. The Balaban J connectivity index is 2.99. The molecule has 19 heavy (non-hydrogen) atoms. The molecular formula is C13H13F3O3. The molecule has 0 amide bonds. The molecule has 1 rings (SSSR count). The number of rotatable bonds is 4. The van der Waals surface area contributed by atoms with Crippen LogP contribution in [0.25, 0.3) is 0 Å². The van der Waals surface area contributed by atoms with E-state index < -0.39 is 29.9 Å². The number of carbonyl (C=O) groups is 2. The Morgan fingerprint density at radius 1 is 1.26 bits per heavy atom. The van der Waals surface area contributed by atoms with Crippen LogP contribution in [0.2, 0.25) is 0 Å². The molecule has 6 heteroatoms. The highest BCUT2D eigenvalue weighted by molar-refractivity contribution is 6.06. The topological polar surface area (TPSA) is 43.4 Å². The van der Waals surface area contributed by atoms with Crippen molar-refractivity contribution < 1.29 is 27.5 Å². The van der Waals surface area contributed by atoms with E-state index in [4.69, 9.17) is 0 Å². The van der Waals surface area contributed by atoms with Crippen LogP contribution >= 0.6 is 0 Å². The highest BCUT2D eigenvalue weighted by Gasteiger charge is 2.31. The fourth-order valence-electron chi connectivity index (χ4n) is 1.54. The summed E-state index contributed by atoms with van der Waals surface area (Å²) in [6.45, 7) is 3.21. The predicted octanol–water partition coefficient (Wildman–Crippen LogP) is 3.15. The van der Waals surface area contributed by atoms with Crippen LogP contribution in [-0.4, -0.2) is 18.4 Å². The van der Waals surface area contributed by atoms with E-state index in [1.54, 1.807) is 6.92 Å². The van der Waals surface area contributed by atoms with E-state index in [0.29, 0.717) is 5.56 Å². The largest absolute Gasteiger partial charge is 0.466 e. The fourth-order valence-corrected chi connectivity index (χ4v) is 1.54. The van der Waals surface area contributed by atoms with Gasteiger partial charge in [-0.15, -0.1) is 0 Å². The van der Waals surface area contributed by atoms with Crippen LogP contribution in [0, 0.1) is 6.92 Å². The Kier molecular flexibility index (Phi) is 4.69. The highest BCUT2D eigenvalue weighted by Crippen LogP contribution is 2.30. The number of benzene rings is 1. The average molecular weight is 274 g/mol. The van der Waals surface area contributed by atoms with Gasteiger partial charge in [-0.1, -0.05) is 6.07 Å². The maximum Gasteiger partial charge on any atom is 0.416 e. The molecule has 0 spiro atoms. The van der Waals surface area contributed by atoms with Gasteiger partial charge in [0.1, 0.15) is 6.42 Å². The van der Waals surface area contributed by atoms with E-state index in [-0.39, 0.29) is 12.2 Å². The molecule has 0 aromatic heterocycles. The van der Waals surface area contributed by atoms with Gasteiger partial charge in [0.2, 0.25) is 0 Å². The molecule has 3 nitrogen and oxygen atoms in total. The summed E-state index contributed by atoms with van der Waals surface area (Å²) in [4.78, 5) is 22.9. The number of ether oxygens (including phenoxy) is 1. The lowest BCUT2D eigenvalue weighted by Crippen LogP contribution is -2.14. The van der Waals surface area contributed by atoms with Crippen LogP contribution in [0.3, 0.4) is 0 Å². The van der Waals surface area contributed by atoms with Gasteiger partial charge >= 0.3 is 12.1 Å². The summed E-state index contributed by atoms with van der Waals surface area (Å²) in [6.07, 6.45) is -5.08. The Morgan fingerprint density at radius 2 is 1.89 bits per heavy atom. The highest BCUT2D eigenvalue weighted by atomic mass is 19.4. The third-order valence-electron chi connectivity index (χ3n) is 2.48. The molecule has 1 aromatic rings. The number of halogens is 3. The van der Waals surface area contributed by atoms with E-state index in [2.05, 4.69) is 4.74 Å². The number of hydrogen-bond acceptors (Lipinski definition) is 3. The number of alkyl halides is 3. The number of Topliss-reactive ketones (excluding diaryl/α,β-unsaturated/α-hetero) is 1. The normalized spacial score (nSPS) is 11.2. The second-order valence-electron chi connectivity index (χ2n) is 3.93. The summed E-state index contributed by atoms with van der Waals surface area (Å²) >= 11 is 0. The Hall–Kier alpha value is -1.85. The van der Waals surface area contributed by atoms with Gasteiger partial charge in [0, 0.05) is 5.56 Å². The van der Waals surface area contributed by atoms with Crippen molar-refractivity contribution in [3.05, 3.63) is 34.9 Å². The van der Waals surface area contributed by atoms with Crippen molar-refractivity contribution in [2.45, 2.75) is 26.4 Å². The molecule has 0 aliphatic rings. The molecule has 0 atom stereocenters. The molecule has 0 heterocycles. The summed E-state index contributed by atoms with van der Waals surface area (Å²) in [5.41, 5.74) is -0.629. The van der Waals surface area contributed by atoms with Gasteiger partial charge in [0.15, 0.2) is 5.78 Å². The number of carbonyl (C=O) groups excluding carboxylic acids is 2. The standard InChI is InChI=1S/C13H13F3O3/c1-3-19-12(18)7-11(17)10-6-9(13(14,15)16)5-4-8(10)2/h4-6H,3,7H2,1-2H3. The van der Waals surface area contributed by atoms with Crippen molar-refractivity contribution in [3.63, 3.8) is 0 Å². The molecule has 0 aliphatic heterocycles. The van der Waals surface area contributed by atoms with Crippen LogP contribution in [0.5, 0.6) is 0 Å². The van der Waals surface area contributed by atoms with Gasteiger partial charge < -0.3 is 4.74 Å². The first-order valence-electron chi connectivity index (χ1n) is 5.62. The molecule has 0 aliphatic carbocycles. The zero-order valence-corrected chi connectivity index (χ0v) is 10.5. The zero-order chi connectivity index (χ0) is 14.6. The minimum Gasteiger partial charge on any atom is -0.466 e. The van der Waals surface area contributed by atoms with Gasteiger partial charge in [-0.2, -0.15) is 13.2 Å². The van der Waals surface area contributed by atoms with E-state index in [9.17, 15) is 22.8 Å². The minimum absolute atomic E-state index is 0.108. The fraction of sp³-hybridized carbons (Fsp3) is 0.385. The van der Waals surface area contributed by atoms with Gasteiger partial charge in [0.25, 0.3) is 0 Å². The summed E-state index contributed by atoms with van der Waals surface area (Å²) in [6, 6.07) is 2.87. The van der Waals surface area contributed by atoms with Crippen molar-refractivity contribution >= 4 is 11.8 Å². The van der Waals surface area contributed by atoms with E-state index in [1.807, 2.05) is 0 Å². The molecule has 0 N–H and O–H groups in total. The lowest BCUT2D eigenvalue weighted by Gasteiger charge is -2.10. The summed E-state index contributed by atoms with van der Waals surface area (Å²) in [5, 5.41) is 0. The van der Waals surface area contributed by atoms with E-state index in [1.165, 1.54) is 13.0 Å². The van der Waals surface area contributed by atoms with Crippen molar-refractivity contribution in [2.24, 2.45) is 0 Å². The lowest BCUT2D eigenvalue weighted by atomic mass is 9.99. The van der Waals surface area contributed by atoms with Crippen LogP contribution in [0.15, 0.2) is 18.2 Å². The third kappa shape index (κ3) is 4.08. The summed E-state index contributed by atoms with van der Waals surface area (Å²) in [7, 11) is 0. The molecule has 0 saturated heterocycles. The summed E-state index contributed by atoms with van der Waals surface area (Å²) in [5.74, 6) is -1.42. The maximum absolute atomic E-state index is 12.5. The molecule has 0 fully saturated rings. The Bertz CT molecular complexity index is 492. The van der Waals surface area contributed by atoms with Crippen LogP contribution in [0.1, 0.15) is 34.8 Å². The molecule has 0 bridgehead atoms. The Labute approximate surface area is 108 Å². The second kappa shape index (κ2) is 5.86. The Morgan fingerprint density at radius 3 is 2.42 bits per heavy atom. The van der Waals surface area contributed by atoms with Crippen molar-refractivity contribution in [2.75, 3.05) is 6.61 Å². The molecule has 0 unspecified atom stereocenters. The van der Waals surface area contributed by atoms with Crippen molar-refractivity contribution in [1.29, 1.82) is 0 Å². The quantitative estimate of drug-likeness (QED) is 0.481. The van der Waals surface area contributed by atoms with Gasteiger partial charge in [-0.3, -0.25) is 9.59 Å².